The van der Waals surface area contributed by atoms with Crippen molar-refractivity contribution in [2.24, 2.45) is 0 Å². The number of nitrogens with one attached hydrogen (secondary N) is 2. The summed E-state index contributed by atoms with van der Waals surface area (Å²) in [5.74, 6) is -0.0642. The third kappa shape index (κ3) is 3.31. The summed E-state index contributed by atoms with van der Waals surface area (Å²) in [5, 5.41) is 2.64. The molecule has 110 valence electrons. The molecular weight excluding hydrogens is 348 g/mol. The van der Waals surface area contributed by atoms with Gasteiger partial charge >= 0.3 is 0 Å². The van der Waals surface area contributed by atoms with E-state index in [1.165, 1.54) is 13.2 Å². The van der Waals surface area contributed by atoms with Crippen LogP contribution in [0, 0.1) is 0 Å². The fourth-order valence-electron chi connectivity index (χ4n) is 2.00. The van der Waals surface area contributed by atoms with Crippen LogP contribution in [0.25, 0.3) is 0 Å². The lowest BCUT2D eigenvalue weighted by atomic mass is 10.1. The van der Waals surface area contributed by atoms with Gasteiger partial charge in [-0.1, -0.05) is 15.9 Å². The van der Waals surface area contributed by atoms with Crippen LogP contribution in [0.15, 0.2) is 27.6 Å². The summed E-state index contributed by atoms with van der Waals surface area (Å²) in [6.45, 7) is 0.581. The third-order valence-electron chi connectivity index (χ3n) is 3.00. The first-order valence-corrected chi connectivity index (χ1v) is 8.35. The molecule has 0 radical (unpaired) electrons. The molecule has 0 saturated carbocycles. The van der Waals surface area contributed by atoms with Crippen LogP contribution in [0.5, 0.6) is 5.75 Å². The second kappa shape index (κ2) is 6.11. The van der Waals surface area contributed by atoms with E-state index in [-0.39, 0.29) is 16.6 Å². The summed E-state index contributed by atoms with van der Waals surface area (Å²) < 4.78 is 32.9. The molecule has 1 heterocycles. The summed E-state index contributed by atoms with van der Waals surface area (Å²) in [4.78, 5) is 11.7. The Bertz CT molecular complexity index is 618. The summed E-state index contributed by atoms with van der Waals surface area (Å²) in [6.07, 6.45) is 1.23. The average molecular weight is 363 g/mol. The Morgan fingerprint density at radius 2 is 2.20 bits per heavy atom. The smallest absolute Gasteiger partial charge is 0.245 e. The Balaban J connectivity index is 2.30. The van der Waals surface area contributed by atoms with Crippen LogP contribution in [0.1, 0.15) is 12.8 Å². The van der Waals surface area contributed by atoms with Crippen LogP contribution in [-0.4, -0.2) is 34.0 Å². The third-order valence-corrected chi connectivity index (χ3v) is 4.98. The van der Waals surface area contributed by atoms with E-state index >= 15 is 0 Å². The summed E-state index contributed by atoms with van der Waals surface area (Å²) in [7, 11) is -2.43. The van der Waals surface area contributed by atoms with Crippen molar-refractivity contribution in [1.82, 2.24) is 10.0 Å². The quantitative estimate of drug-likeness (QED) is 0.837. The van der Waals surface area contributed by atoms with Gasteiger partial charge in [-0.05, 0) is 31.0 Å². The number of rotatable bonds is 4. The topological polar surface area (TPSA) is 84.5 Å². The lowest BCUT2D eigenvalue weighted by Crippen LogP contribution is -2.50. The Morgan fingerprint density at radius 1 is 1.45 bits per heavy atom. The van der Waals surface area contributed by atoms with Crippen molar-refractivity contribution in [3.05, 3.63) is 22.7 Å². The van der Waals surface area contributed by atoms with Gasteiger partial charge in [0, 0.05) is 11.0 Å². The first-order chi connectivity index (χ1) is 9.44. The predicted octanol–water partition coefficient (Wildman–Crippen LogP) is 1.01. The number of ether oxygens (including phenoxy) is 1. The fraction of sp³-hybridized carbons (Fsp3) is 0.417. The lowest BCUT2D eigenvalue weighted by Gasteiger charge is -2.23. The second-order valence-corrected chi connectivity index (χ2v) is 7.00. The van der Waals surface area contributed by atoms with Gasteiger partial charge in [-0.2, -0.15) is 4.72 Å². The van der Waals surface area contributed by atoms with Crippen LogP contribution < -0.4 is 14.8 Å². The van der Waals surface area contributed by atoms with E-state index in [2.05, 4.69) is 26.0 Å². The van der Waals surface area contributed by atoms with E-state index in [1.807, 2.05) is 0 Å². The maximum atomic E-state index is 12.4. The molecule has 0 spiro atoms. The van der Waals surface area contributed by atoms with Crippen molar-refractivity contribution in [2.75, 3.05) is 13.7 Å². The SMILES string of the molecule is COc1ccc(Br)cc1S(=O)(=O)NC1CCCNC1=O. The monoisotopic (exact) mass is 362 g/mol. The van der Waals surface area contributed by atoms with Crippen molar-refractivity contribution in [2.45, 2.75) is 23.8 Å². The van der Waals surface area contributed by atoms with E-state index in [0.717, 1.165) is 6.42 Å². The molecule has 0 aliphatic carbocycles. The number of hydrogen-bond donors (Lipinski definition) is 2. The molecule has 1 aromatic rings. The first-order valence-electron chi connectivity index (χ1n) is 6.07. The predicted molar refractivity (Wildman–Crippen MR) is 77.0 cm³/mol. The molecule has 6 nitrogen and oxygen atoms in total. The molecule has 2 rings (SSSR count). The van der Waals surface area contributed by atoms with Crippen LogP contribution in [0.2, 0.25) is 0 Å². The number of sulfonamides is 1. The normalized spacial score (nSPS) is 19.5. The number of carbonyl (C=O) groups is 1. The molecule has 1 fully saturated rings. The van der Waals surface area contributed by atoms with Gasteiger partial charge in [0.15, 0.2) is 0 Å². The van der Waals surface area contributed by atoms with Gasteiger partial charge in [-0.3, -0.25) is 4.79 Å². The van der Waals surface area contributed by atoms with Crippen molar-refractivity contribution in [1.29, 1.82) is 0 Å². The number of carbonyl (C=O) groups excluding carboxylic acids is 1. The van der Waals surface area contributed by atoms with Crippen LogP contribution in [0.3, 0.4) is 0 Å². The number of benzene rings is 1. The van der Waals surface area contributed by atoms with E-state index in [9.17, 15) is 13.2 Å². The van der Waals surface area contributed by atoms with Gasteiger partial charge < -0.3 is 10.1 Å². The van der Waals surface area contributed by atoms with E-state index in [0.29, 0.717) is 17.4 Å². The van der Waals surface area contributed by atoms with Crippen molar-refractivity contribution >= 4 is 31.9 Å². The molecule has 1 amide bonds. The molecular formula is C12H15BrN2O4S. The minimum atomic E-state index is -3.82. The zero-order valence-corrected chi connectivity index (χ0v) is 13.3. The molecule has 1 aromatic carbocycles. The highest BCUT2D eigenvalue weighted by Crippen LogP contribution is 2.27. The highest BCUT2D eigenvalue weighted by atomic mass is 79.9. The van der Waals surface area contributed by atoms with Crippen LogP contribution in [-0.2, 0) is 14.8 Å². The molecule has 8 heteroatoms. The molecule has 2 N–H and O–H groups in total. The van der Waals surface area contributed by atoms with Gasteiger partial charge in [-0.15, -0.1) is 0 Å². The van der Waals surface area contributed by atoms with Crippen LogP contribution in [0.4, 0.5) is 0 Å². The number of piperidine rings is 1. The lowest BCUT2D eigenvalue weighted by molar-refractivity contribution is -0.124. The van der Waals surface area contributed by atoms with E-state index in [1.54, 1.807) is 12.1 Å². The van der Waals surface area contributed by atoms with Gasteiger partial charge in [0.25, 0.3) is 0 Å². The highest BCUT2D eigenvalue weighted by Gasteiger charge is 2.29. The molecule has 1 aliphatic heterocycles. The van der Waals surface area contributed by atoms with Gasteiger partial charge in [0.1, 0.15) is 16.7 Å². The highest BCUT2D eigenvalue weighted by molar-refractivity contribution is 9.10. The molecule has 1 saturated heterocycles. The number of amides is 1. The molecule has 20 heavy (non-hydrogen) atoms. The molecule has 1 atom stereocenters. The maximum absolute atomic E-state index is 12.4. The minimum Gasteiger partial charge on any atom is -0.495 e. The molecule has 1 unspecified atom stereocenters. The van der Waals surface area contributed by atoms with Crippen molar-refractivity contribution in [3.8, 4) is 5.75 Å². The largest absolute Gasteiger partial charge is 0.495 e. The first kappa shape index (κ1) is 15.3. The Hall–Kier alpha value is -1.12. The number of methoxy groups -OCH3 is 1. The molecule has 0 aromatic heterocycles. The summed E-state index contributed by atoms with van der Waals surface area (Å²) in [6, 6.07) is 3.95. The van der Waals surface area contributed by atoms with Gasteiger partial charge in [0.2, 0.25) is 15.9 Å². The van der Waals surface area contributed by atoms with Crippen molar-refractivity contribution in [3.63, 3.8) is 0 Å². The number of hydrogen-bond acceptors (Lipinski definition) is 4. The minimum absolute atomic E-state index is 0.00717. The molecule has 0 bridgehead atoms. The molecule has 1 aliphatic rings. The Labute approximate surface area is 126 Å². The van der Waals surface area contributed by atoms with Crippen LogP contribution >= 0.6 is 15.9 Å². The summed E-state index contributed by atoms with van der Waals surface area (Å²) in [5.41, 5.74) is 0. The number of halogens is 1. The average Bonchev–Trinajstić information content (AvgIpc) is 2.41. The standard InChI is InChI=1S/C12H15BrN2O4S/c1-19-10-5-4-8(13)7-11(10)20(17,18)15-9-3-2-6-14-12(9)16/h4-5,7,9,15H,2-3,6H2,1H3,(H,14,16). The summed E-state index contributed by atoms with van der Waals surface area (Å²) >= 11 is 3.23. The second-order valence-electron chi connectivity index (χ2n) is 4.40. The zero-order chi connectivity index (χ0) is 14.8. The Morgan fingerprint density at radius 3 is 2.85 bits per heavy atom. The van der Waals surface area contributed by atoms with E-state index in [4.69, 9.17) is 4.74 Å². The van der Waals surface area contributed by atoms with Crippen molar-refractivity contribution < 1.29 is 17.9 Å². The van der Waals surface area contributed by atoms with E-state index < -0.39 is 16.1 Å². The fourth-order valence-corrected chi connectivity index (χ4v) is 3.93. The van der Waals surface area contributed by atoms with Gasteiger partial charge in [-0.25, -0.2) is 8.42 Å². The van der Waals surface area contributed by atoms with Gasteiger partial charge in [0.05, 0.1) is 7.11 Å². The maximum Gasteiger partial charge on any atom is 0.245 e. The zero-order valence-electron chi connectivity index (χ0n) is 10.8. The Kier molecular flexibility index (Phi) is 4.66.